The lowest BCUT2D eigenvalue weighted by Crippen LogP contribution is -2.46. The van der Waals surface area contributed by atoms with Crippen LogP contribution < -0.4 is 16.3 Å². The van der Waals surface area contributed by atoms with Gasteiger partial charge < -0.3 is 20.0 Å². The second-order valence-corrected chi connectivity index (χ2v) is 8.34. The average molecular weight is 428 g/mol. The van der Waals surface area contributed by atoms with Gasteiger partial charge in [-0.2, -0.15) is 5.26 Å². The highest BCUT2D eigenvalue weighted by molar-refractivity contribution is 5.86. The number of rotatable bonds is 5. The number of nitrogen functional groups attached to an aromatic ring is 1. The molecule has 1 aliphatic heterocycles. The molecule has 0 atom stereocenters. The number of benzene rings is 2. The van der Waals surface area contributed by atoms with Gasteiger partial charge in [0, 0.05) is 54.4 Å². The number of nitriles is 1. The van der Waals surface area contributed by atoms with Gasteiger partial charge in [-0.15, -0.1) is 0 Å². The molecule has 0 saturated carbocycles. The van der Waals surface area contributed by atoms with E-state index in [2.05, 4.69) is 39.1 Å². The zero-order valence-electron chi connectivity index (χ0n) is 17.8. The predicted octanol–water partition coefficient (Wildman–Crippen LogP) is 3.48. The molecule has 0 amide bonds. The summed E-state index contributed by atoms with van der Waals surface area (Å²) in [5.74, 6) is 0. The molecule has 1 fully saturated rings. The molecule has 162 valence electrons. The summed E-state index contributed by atoms with van der Waals surface area (Å²) in [7, 11) is 0. The summed E-state index contributed by atoms with van der Waals surface area (Å²) < 4.78 is 5.24. The van der Waals surface area contributed by atoms with E-state index in [1.54, 1.807) is 12.3 Å². The summed E-state index contributed by atoms with van der Waals surface area (Å²) in [5.41, 5.74) is 10.0. The van der Waals surface area contributed by atoms with Crippen molar-refractivity contribution in [2.75, 3.05) is 43.4 Å². The van der Waals surface area contributed by atoms with Crippen LogP contribution in [0.4, 0.5) is 11.4 Å². The molecule has 5 rings (SSSR count). The number of aromatic nitrogens is 1. The number of nitrogens with two attached hydrogens (primary N) is 1. The molecular weight excluding hydrogens is 402 g/mol. The molecule has 2 aromatic carbocycles. The molecule has 1 saturated heterocycles. The minimum atomic E-state index is -0.489. The summed E-state index contributed by atoms with van der Waals surface area (Å²) in [5, 5.41) is 11.1. The lowest BCUT2D eigenvalue weighted by molar-refractivity contribution is 0.255. The topological polar surface area (TPSA) is 102 Å². The highest BCUT2D eigenvalue weighted by Crippen LogP contribution is 2.24. The molecule has 7 heteroatoms. The number of aromatic amines is 1. The monoisotopic (exact) mass is 427 g/mol. The first kappa shape index (κ1) is 20.2. The Labute approximate surface area is 185 Å². The number of H-pyrrole nitrogens is 1. The molecule has 7 nitrogen and oxygen atoms in total. The molecule has 2 aromatic heterocycles. The Bertz CT molecular complexity index is 1370. The molecule has 3 heterocycles. The van der Waals surface area contributed by atoms with Crippen molar-refractivity contribution >= 4 is 33.2 Å². The number of anilines is 2. The van der Waals surface area contributed by atoms with Crippen LogP contribution in [0.1, 0.15) is 17.5 Å². The molecule has 1 aliphatic rings. The van der Waals surface area contributed by atoms with Crippen LogP contribution in [-0.2, 0) is 6.42 Å². The number of aryl methyl sites for hydroxylation is 1. The highest BCUT2D eigenvalue weighted by Gasteiger charge is 2.17. The molecule has 0 radical (unpaired) electrons. The van der Waals surface area contributed by atoms with Crippen molar-refractivity contribution in [3.05, 3.63) is 70.2 Å². The third-order valence-corrected chi connectivity index (χ3v) is 6.29. The number of piperazine rings is 1. The molecule has 0 bridgehead atoms. The zero-order chi connectivity index (χ0) is 22.1. The van der Waals surface area contributed by atoms with Crippen molar-refractivity contribution in [2.45, 2.75) is 12.8 Å². The molecule has 32 heavy (non-hydrogen) atoms. The summed E-state index contributed by atoms with van der Waals surface area (Å²) in [6, 6.07) is 16.2. The maximum atomic E-state index is 11.6. The lowest BCUT2D eigenvalue weighted by Gasteiger charge is -2.36. The first-order valence-electron chi connectivity index (χ1n) is 10.9. The van der Waals surface area contributed by atoms with Crippen molar-refractivity contribution in [3.8, 4) is 6.07 Å². The largest absolute Gasteiger partial charge is 0.421 e. The summed E-state index contributed by atoms with van der Waals surface area (Å²) >= 11 is 0. The van der Waals surface area contributed by atoms with Gasteiger partial charge in [-0.1, -0.05) is 6.07 Å². The van der Waals surface area contributed by atoms with E-state index in [0.717, 1.165) is 67.5 Å². The molecule has 0 unspecified atom stereocenters. The normalized spacial score (nSPS) is 14.8. The zero-order valence-corrected chi connectivity index (χ0v) is 17.8. The van der Waals surface area contributed by atoms with Crippen LogP contribution in [0.2, 0.25) is 0 Å². The van der Waals surface area contributed by atoms with Gasteiger partial charge in [0.05, 0.1) is 5.56 Å². The third-order valence-electron chi connectivity index (χ3n) is 6.29. The quantitative estimate of drug-likeness (QED) is 0.473. The first-order chi connectivity index (χ1) is 15.6. The highest BCUT2D eigenvalue weighted by atomic mass is 16.4. The van der Waals surface area contributed by atoms with Gasteiger partial charge in [0.1, 0.15) is 17.3 Å². The van der Waals surface area contributed by atoms with Crippen LogP contribution in [0.5, 0.6) is 0 Å². The van der Waals surface area contributed by atoms with E-state index in [0.29, 0.717) is 11.1 Å². The SMILES string of the molecule is N#Cc1c[nH]c2ccc(CCCN3CCN(c4ccc5oc(=O)c(N)cc5c4)CC3)cc12. The maximum absolute atomic E-state index is 11.6. The fourth-order valence-electron chi connectivity index (χ4n) is 4.48. The minimum Gasteiger partial charge on any atom is -0.421 e. The fourth-order valence-corrected chi connectivity index (χ4v) is 4.48. The van der Waals surface area contributed by atoms with E-state index in [9.17, 15) is 10.1 Å². The van der Waals surface area contributed by atoms with Crippen LogP contribution in [0.3, 0.4) is 0 Å². The maximum Gasteiger partial charge on any atom is 0.359 e. The number of fused-ring (bicyclic) bond motifs is 2. The smallest absolute Gasteiger partial charge is 0.359 e. The van der Waals surface area contributed by atoms with Gasteiger partial charge in [-0.25, -0.2) is 4.79 Å². The summed E-state index contributed by atoms with van der Waals surface area (Å²) in [6.07, 6.45) is 3.86. The van der Waals surface area contributed by atoms with Crippen molar-refractivity contribution in [3.63, 3.8) is 0 Å². The molecule has 3 N–H and O–H groups in total. The average Bonchev–Trinajstić information content (AvgIpc) is 3.22. The summed E-state index contributed by atoms with van der Waals surface area (Å²) in [6.45, 7) is 5.00. The molecular formula is C25H25N5O2. The van der Waals surface area contributed by atoms with Gasteiger partial charge in [0.15, 0.2) is 0 Å². The van der Waals surface area contributed by atoms with Crippen LogP contribution >= 0.6 is 0 Å². The van der Waals surface area contributed by atoms with Gasteiger partial charge in [0.2, 0.25) is 0 Å². The fraction of sp³-hybridized carbons (Fsp3) is 0.280. The second kappa shape index (κ2) is 8.40. The summed E-state index contributed by atoms with van der Waals surface area (Å²) in [4.78, 5) is 19.6. The Balaban J connectivity index is 1.16. The van der Waals surface area contributed by atoms with Crippen molar-refractivity contribution in [1.29, 1.82) is 5.26 Å². The Hall–Kier alpha value is -3.76. The van der Waals surface area contributed by atoms with E-state index in [-0.39, 0.29) is 5.69 Å². The van der Waals surface area contributed by atoms with E-state index >= 15 is 0 Å². The Kier molecular flexibility index (Phi) is 5.29. The van der Waals surface area contributed by atoms with E-state index in [1.807, 2.05) is 18.2 Å². The van der Waals surface area contributed by atoms with Crippen molar-refractivity contribution in [2.24, 2.45) is 0 Å². The number of nitrogens with one attached hydrogen (secondary N) is 1. The Morgan fingerprint density at radius 1 is 1.09 bits per heavy atom. The lowest BCUT2D eigenvalue weighted by atomic mass is 10.1. The minimum absolute atomic E-state index is 0.138. The van der Waals surface area contributed by atoms with Crippen LogP contribution in [0.15, 0.2) is 57.9 Å². The van der Waals surface area contributed by atoms with Gasteiger partial charge in [-0.3, -0.25) is 4.90 Å². The third kappa shape index (κ3) is 3.93. The van der Waals surface area contributed by atoms with Gasteiger partial charge >= 0.3 is 5.63 Å². The Morgan fingerprint density at radius 3 is 2.75 bits per heavy atom. The standard InChI is InChI=1S/C25H25N5O2/c26-15-19-16-28-23-5-3-17(12-21(19)23)2-1-7-29-8-10-30(11-9-29)20-4-6-24-18(13-20)14-22(27)25(31)32-24/h3-6,12-14,16,28H,1-2,7-11,27H2. The molecule has 0 spiro atoms. The van der Waals surface area contributed by atoms with Crippen LogP contribution in [0, 0.1) is 11.3 Å². The predicted molar refractivity (Wildman–Crippen MR) is 127 cm³/mol. The van der Waals surface area contributed by atoms with Gasteiger partial charge in [0.25, 0.3) is 0 Å². The number of hydrogen-bond acceptors (Lipinski definition) is 6. The number of hydrogen-bond donors (Lipinski definition) is 2. The van der Waals surface area contributed by atoms with Crippen molar-refractivity contribution in [1.82, 2.24) is 9.88 Å². The van der Waals surface area contributed by atoms with E-state index < -0.39 is 5.63 Å². The van der Waals surface area contributed by atoms with Crippen LogP contribution in [0.25, 0.3) is 21.9 Å². The molecule has 0 aliphatic carbocycles. The number of nitrogens with zero attached hydrogens (tertiary/aromatic N) is 3. The van der Waals surface area contributed by atoms with Crippen LogP contribution in [-0.4, -0.2) is 42.6 Å². The molecule has 4 aromatic rings. The Morgan fingerprint density at radius 2 is 1.94 bits per heavy atom. The van der Waals surface area contributed by atoms with E-state index in [4.69, 9.17) is 10.2 Å². The van der Waals surface area contributed by atoms with Crippen molar-refractivity contribution < 1.29 is 4.42 Å². The van der Waals surface area contributed by atoms with Gasteiger partial charge in [-0.05, 0) is 61.3 Å². The second-order valence-electron chi connectivity index (χ2n) is 8.34. The van der Waals surface area contributed by atoms with E-state index in [1.165, 1.54) is 5.56 Å². The first-order valence-corrected chi connectivity index (χ1v) is 10.9.